The highest BCUT2D eigenvalue weighted by molar-refractivity contribution is 5.01. The first-order valence-electron chi connectivity index (χ1n) is 7.73. The quantitative estimate of drug-likeness (QED) is 0.810. The number of rotatable bonds is 2. The largest absolute Gasteiger partial charge is 0.309 e. The highest BCUT2D eigenvalue weighted by Crippen LogP contribution is 2.37. The maximum atomic E-state index is 3.82. The fourth-order valence-corrected chi connectivity index (χ4v) is 4.27. The molecule has 0 aromatic rings. The molecule has 1 saturated carbocycles. The van der Waals surface area contributed by atoms with Crippen LogP contribution in [0.3, 0.4) is 0 Å². The third-order valence-electron chi connectivity index (χ3n) is 4.75. The van der Waals surface area contributed by atoms with Gasteiger partial charge in [0.1, 0.15) is 0 Å². The summed E-state index contributed by atoms with van der Waals surface area (Å²) in [7, 11) is 0. The lowest BCUT2D eigenvalue weighted by Crippen LogP contribution is -2.64. The zero-order valence-electron chi connectivity index (χ0n) is 13.1. The Labute approximate surface area is 114 Å². The summed E-state index contributed by atoms with van der Waals surface area (Å²) >= 11 is 0. The Morgan fingerprint density at radius 3 is 2.22 bits per heavy atom. The molecule has 2 aliphatic rings. The molecule has 1 aliphatic carbocycles. The van der Waals surface area contributed by atoms with E-state index in [0.29, 0.717) is 16.5 Å². The Morgan fingerprint density at radius 2 is 1.67 bits per heavy atom. The minimum Gasteiger partial charge on any atom is -0.309 e. The standard InChI is InChI=1S/C16H32N2/c1-14(2,3)12-15(4,5)18-11-10-17-16(13-18)8-6-7-9-16/h17H,6-13H2,1-5H3. The fraction of sp³-hybridized carbons (Fsp3) is 1.00. The summed E-state index contributed by atoms with van der Waals surface area (Å²) in [6.45, 7) is 15.6. The third kappa shape index (κ3) is 3.27. The zero-order valence-corrected chi connectivity index (χ0v) is 13.1. The summed E-state index contributed by atoms with van der Waals surface area (Å²) < 4.78 is 0. The molecule has 1 saturated heterocycles. The van der Waals surface area contributed by atoms with Crippen molar-refractivity contribution in [2.75, 3.05) is 19.6 Å². The first-order chi connectivity index (χ1) is 8.23. The van der Waals surface area contributed by atoms with Gasteiger partial charge in [0.15, 0.2) is 0 Å². The van der Waals surface area contributed by atoms with E-state index in [1.807, 2.05) is 0 Å². The van der Waals surface area contributed by atoms with E-state index in [1.54, 1.807) is 0 Å². The number of nitrogens with zero attached hydrogens (tertiary/aromatic N) is 1. The van der Waals surface area contributed by atoms with Gasteiger partial charge in [-0.15, -0.1) is 0 Å². The molecule has 106 valence electrons. The number of piperazine rings is 1. The van der Waals surface area contributed by atoms with Crippen molar-refractivity contribution in [1.82, 2.24) is 10.2 Å². The molecule has 1 N–H and O–H groups in total. The van der Waals surface area contributed by atoms with Crippen molar-refractivity contribution in [3.8, 4) is 0 Å². The maximum absolute atomic E-state index is 3.82. The molecule has 2 rings (SSSR count). The lowest BCUT2D eigenvalue weighted by molar-refractivity contribution is 0.0232. The van der Waals surface area contributed by atoms with Crippen LogP contribution < -0.4 is 5.32 Å². The zero-order chi connectivity index (χ0) is 13.4. The Balaban J connectivity index is 2.03. The molecular weight excluding hydrogens is 220 g/mol. The second-order valence-corrected chi connectivity index (χ2v) is 8.39. The molecule has 18 heavy (non-hydrogen) atoms. The molecule has 2 heteroatoms. The van der Waals surface area contributed by atoms with Crippen LogP contribution in [0.15, 0.2) is 0 Å². The van der Waals surface area contributed by atoms with Crippen molar-refractivity contribution in [2.45, 2.75) is 77.8 Å². The monoisotopic (exact) mass is 252 g/mol. The first-order valence-corrected chi connectivity index (χ1v) is 7.73. The van der Waals surface area contributed by atoms with E-state index in [-0.39, 0.29) is 0 Å². The molecule has 1 spiro atoms. The van der Waals surface area contributed by atoms with Gasteiger partial charge in [0.25, 0.3) is 0 Å². The molecule has 0 amide bonds. The molecule has 2 nitrogen and oxygen atoms in total. The molecule has 0 unspecified atom stereocenters. The van der Waals surface area contributed by atoms with Crippen molar-refractivity contribution in [3.05, 3.63) is 0 Å². The molecule has 0 radical (unpaired) electrons. The van der Waals surface area contributed by atoms with Crippen LogP contribution in [0.2, 0.25) is 0 Å². The van der Waals surface area contributed by atoms with Crippen molar-refractivity contribution in [1.29, 1.82) is 0 Å². The van der Waals surface area contributed by atoms with E-state index in [9.17, 15) is 0 Å². The summed E-state index contributed by atoms with van der Waals surface area (Å²) in [5, 5.41) is 3.82. The summed E-state index contributed by atoms with van der Waals surface area (Å²) in [6.07, 6.45) is 6.88. The van der Waals surface area contributed by atoms with Gasteiger partial charge in [-0.1, -0.05) is 33.6 Å². The van der Waals surface area contributed by atoms with Gasteiger partial charge in [-0.3, -0.25) is 4.90 Å². The fourth-order valence-electron chi connectivity index (χ4n) is 4.27. The topological polar surface area (TPSA) is 15.3 Å². The molecule has 2 fully saturated rings. The minimum absolute atomic E-state index is 0.329. The number of hydrogen-bond donors (Lipinski definition) is 1. The summed E-state index contributed by atoms with van der Waals surface area (Å²) in [5.74, 6) is 0. The highest BCUT2D eigenvalue weighted by atomic mass is 15.3. The Bertz CT molecular complexity index is 282. The van der Waals surface area contributed by atoms with Gasteiger partial charge in [-0.25, -0.2) is 0 Å². The van der Waals surface area contributed by atoms with Gasteiger partial charge in [0.05, 0.1) is 0 Å². The Kier molecular flexibility index (Phi) is 3.81. The van der Waals surface area contributed by atoms with Crippen LogP contribution in [-0.4, -0.2) is 35.6 Å². The molecule has 0 bridgehead atoms. The van der Waals surface area contributed by atoms with Crippen LogP contribution in [-0.2, 0) is 0 Å². The van der Waals surface area contributed by atoms with E-state index >= 15 is 0 Å². The lowest BCUT2D eigenvalue weighted by atomic mass is 9.79. The van der Waals surface area contributed by atoms with Crippen LogP contribution in [0.25, 0.3) is 0 Å². The van der Waals surface area contributed by atoms with E-state index < -0.39 is 0 Å². The summed E-state index contributed by atoms with van der Waals surface area (Å²) in [5.41, 5.74) is 1.19. The van der Waals surface area contributed by atoms with Crippen molar-refractivity contribution in [3.63, 3.8) is 0 Å². The van der Waals surface area contributed by atoms with Crippen LogP contribution in [0.4, 0.5) is 0 Å². The van der Waals surface area contributed by atoms with E-state index in [1.165, 1.54) is 51.7 Å². The van der Waals surface area contributed by atoms with Crippen molar-refractivity contribution < 1.29 is 0 Å². The van der Waals surface area contributed by atoms with Crippen LogP contribution in [0, 0.1) is 5.41 Å². The SMILES string of the molecule is CC(C)(C)CC(C)(C)N1CCNC2(CCCC2)C1. The van der Waals surface area contributed by atoms with Gasteiger partial charge in [0.2, 0.25) is 0 Å². The lowest BCUT2D eigenvalue weighted by Gasteiger charge is -2.50. The van der Waals surface area contributed by atoms with Gasteiger partial charge in [0, 0.05) is 30.7 Å². The normalized spacial score (nSPS) is 25.8. The minimum atomic E-state index is 0.329. The predicted octanol–water partition coefficient (Wildman–Crippen LogP) is 3.42. The molecule has 0 aromatic heterocycles. The van der Waals surface area contributed by atoms with Crippen LogP contribution in [0.5, 0.6) is 0 Å². The van der Waals surface area contributed by atoms with Gasteiger partial charge >= 0.3 is 0 Å². The Morgan fingerprint density at radius 1 is 1.06 bits per heavy atom. The molecule has 0 aromatic carbocycles. The Hall–Kier alpha value is -0.0800. The van der Waals surface area contributed by atoms with Crippen LogP contribution >= 0.6 is 0 Å². The maximum Gasteiger partial charge on any atom is 0.0309 e. The smallest absolute Gasteiger partial charge is 0.0309 e. The number of nitrogens with one attached hydrogen (secondary N) is 1. The molecule has 1 aliphatic heterocycles. The summed E-state index contributed by atoms with van der Waals surface area (Å²) in [4.78, 5) is 2.75. The summed E-state index contributed by atoms with van der Waals surface area (Å²) in [6, 6.07) is 0. The van der Waals surface area contributed by atoms with E-state index in [2.05, 4.69) is 44.8 Å². The van der Waals surface area contributed by atoms with Gasteiger partial charge < -0.3 is 5.32 Å². The third-order valence-corrected chi connectivity index (χ3v) is 4.75. The predicted molar refractivity (Wildman–Crippen MR) is 78.9 cm³/mol. The second-order valence-electron chi connectivity index (χ2n) is 8.39. The average Bonchev–Trinajstić information content (AvgIpc) is 2.63. The van der Waals surface area contributed by atoms with Crippen molar-refractivity contribution >= 4 is 0 Å². The molecular formula is C16H32N2. The van der Waals surface area contributed by atoms with E-state index in [0.717, 1.165) is 0 Å². The first kappa shape index (κ1) is 14.3. The average molecular weight is 252 g/mol. The van der Waals surface area contributed by atoms with Crippen LogP contribution in [0.1, 0.15) is 66.7 Å². The molecule has 0 atom stereocenters. The highest BCUT2D eigenvalue weighted by Gasteiger charge is 2.42. The molecule has 1 heterocycles. The van der Waals surface area contributed by atoms with E-state index in [4.69, 9.17) is 0 Å². The van der Waals surface area contributed by atoms with Gasteiger partial charge in [-0.2, -0.15) is 0 Å². The second kappa shape index (κ2) is 4.79. The van der Waals surface area contributed by atoms with Crippen molar-refractivity contribution in [2.24, 2.45) is 5.41 Å². The van der Waals surface area contributed by atoms with Gasteiger partial charge in [-0.05, 0) is 38.5 Å². The number of hydrogen-bond acceptors (Lipinski definition) is 2.